The summed E-state index contributed by atoms with van der Waals surface area (Å²) in [7, 11) is 0. The van der Waals surface area contributed by atoms with Crippen LogP contribution in [0.2, 0.25) is 0 Å². The summed E-state index contributed by atoms with van der Waals surface area (Å²) >= 11 is 0. The quantitative estimate of drug-likeness (QED) is 0.784. The molecule has 2 rings (SSSR count). The van der Waals surface area contributed by atoms with Gasteiger partial charge in [-0.1, -0.05) is 0 Å². The molecule has 0 radical (unpaired) electrons. The molecule has 0 saturated carbocycles. The van der Waals surface area contributed by atoms with Gasteiger partial charge in [-0.05, 0) is 19.4 Å². The summed E-state index contributed by atoms with van der Waals surface area (Å²) in [6, 6.07) is 1.20. The van der Waals surface area contributed by atoms with Gasteiger partial charge in [0.1, 0.15) is 0 Å². The molecule has 1 atom stereocenters. The van der Waals surface area contributed by atoms with Crippen molar-refractivity contribution < 1.29 is 18.3 Å². The lowest BCUT2D eigenvalue weighted by atomic mass is 10.1. The van der Waals surface area contributed by atoms with Gasteiger partial charge in [0, 0.05) is 31.8 Å². The van der Waals surface area contributed by atoms with Gasteiger partial charge in [-0.2, -0.15) is 4.39 Å². The molecule has 1 amide bonds. The maximum Gasteiger partial charge on any atom is 0.257 e. The van der Waals surface area contributed by atoms with Crippen LogP contribution in [0.4, 0.5) is 8.78 Å². The van der Waals surface area contributed by atoms with E-state index in [1.165, 1.54) is 11.0 Å². The fourth-order valence-corrected chi connectivity index (χ4v) is 2.15. The molecule has 1 aromatic rings. The van der Waals surface area contributed by atoms with Crippen LogP contribution in [0.25, 0.3) is 0 Å². The molecule has 4 nitrogen and oxygen atoms in total. The summed E-state index contributed by atoms with van der Waals surface area (Å²) in [5.74, 6) is -2.67. The SMILES string of the molecule is CCN(CC1CCOC1)C(=O)c1ccnc(F)c1F. The van der Waals surface area contributed by atoms with Crippen molar-refractivity contribution in [1.82, 2.24) is 9.88 Å². The zero-order chi connectivity index (χ0) is 13.8. The summed E-state index contributed by atoms with van der Waals surface area (Å²) in [4.78, 5) is 16.9. The van der Waals surface area contributed by atoms with Crippen LogP contribution in [0.1, 0.15) is 23.7 Å². The molecule has 2 heterocycles. The van der Waals surface area contributed by atoms with Gasteiger partial charge in [-0.25, -0.2) is 9.37 Å². The van der Waals surface area contributed by atoms with E-state index < -0.39 is 17.7 Å². The van der Waals surface area contributed by atoms with E-state index in [0.717, 1.165) is 12.6 Å². The lowest BCUT2D eigenvalue weighted by Gasteiger charge is -2.23. The minimum absolute atomic E-state index is 0.263. The van der Waals surface area contributed by atoms with Crippen LogP contribution in [-0.2, 0) is 4.74 Å². The second-order valence-corrected chi connectivity index (χ2v) is 4.54. The Labute approximate surface area is 110 Å². The van der Waals surface area contributed by atoms with E-state index in [1.54, 1.807) is 0 Å². The van der Waals surface area contributed by atoms with Crippen LogP contribution in [0, 0.1) is 17.7 Å². The Bertz CT molecular complexity index is 462. The van der Waals surface area contributed by atoms with Crippen LogP contribution < -0.4 is 0 Å². The smallest absolute Gasteiger partial charge is 0.257 e. The van der Waals surface area contributed by atoms with Crippen molar-refractivity contribution in [2.75, 3.05) is 26.3 Å². The second kappa shape index (κ2) is 6.06. The van der Waals surface area contributed by atoms with Gasteiger partial charge in [0.25, 0.3) is 5.91 Å². The van der Waals surface area contributed by atoms with E-state index in [-0.39, 0.29) is 11.5 Å². The van der Waals surface area contributed by atoms with E-state index in [1.807, 2.05) is 6.92 Å². The Hall–Kier alpha value is -1.56. The highest BCUT2D eigenvalue weighted by Crippen LogP contribution is 2.17. The van der Waals surface area contributed by atoms with Gasteiger partial charge in [-0.3, -0.25) is 4.79 Å². The molecule has 1 aliphatic heterocycles. The van der Waals surface area contributed by atoms with Crippen molar-refractivity contribution in [2.45, 2.75) is 13.3 Å². The van der Waals surface area contributed by atoms with Gasteiger partial charge < -0.3 is 9.64 Å². The van der Waals surface area contributed by atoms with Crippen molar-refractivity contribution in [3.8, 4) is 0 Å². The highest BCUT2D eigenvalue weighted by Gasteiger charge is 2.25. The van der Waals surface area contributed by atoms with Gasteiger partial charge >= 0.3 is 0 Å². The molecule has 19 heavy (non-hydrogen) atoms. The summed E-state index contributed by atoms with van der Waals surface area (Å²) in [6.45, 7) is 4.05. The molecule has 0 N–H and O–H groups in total. The molecular weight excluding hydrogens is 254 g/mol. The molecule has 1 unspecified atom stereocenters. The largest absolute Gasteiger partial charge is 0.381 e. The van der Waals surface area contributed by atoms with E-state index in [4.69, 9.17) is 4.74 Å². The number of nitrogens with zero attached hydrogens (tertiary/aromatic N) is 2. The summed E-state index contributed by atoms with van der Waals surface area (Å²) < 4.78 is 31.8. The monoisotopic (exact) mass is 270 g/mol. The maximum absolute atomic E-state index is 13.6. The summed E-state index contributed by atoms with van der Waals surface area (Å²) in [6.07, 6.45) is 1.98. The van der Waals surface area contributed by atoms with E-state index in [0.29, 0.717) is 26.3 Å². The number of pyridine rings is 1. The number of ether oxygens (including phenoxy) is 1. The molecule has 0 aliphatic carbocycles. The number of halogens is 2. The van der Waals surface area contributed by atoms with Crippen LogP contribution >= 0.6 is 0 Å². The number of aromatic nitrogens is 1. The molecule has 1 saturated heterocycles. The third-order valence-electron chi connectivity index (χ3n) is 3.25. The van der Waals surface area contributed by atoms with Crippen molar-refractivity contribution in [3.63, 3.8) is 0 Å². The average molecular weight is 270 g/mol. The number of rotatable bonds is 4. The zero-order valence-corrected chi connectivity index (χ0v) is 10.7. The van der Waals surface area contributed by atoms with Crippen molar-refractivity contribution >= 4 is 5.91 Å². The number of hydrogen-bond donors (Lipinski definition) is 0. The Morgan fingerprint density at radius 1 is 1.58 bits per heavy atom. The van der Waals surface area contributed by atoms with Crippen LogP contribution in [0.5, 0.6) is 0 Å². The Balaban J connectivity index is 2.13. The Kier molecular flexibility index (Phi) is 4.42. The topological polar surface area (TPSA) is 42.4 Å². The minimum Gasteiger partial charge on any atom is -0.381 e. The molecule has 1 fully saturated rings. The first-order valence-electron chi connectivity index (χ1n) is 6.30. The number of hydrogen-bond acceptors (Lipinski definition) is 3. The lowest BCUT2D eigenvalue weighted by molar-refractivity contribution is 0.0724. The van der Waals surface area contributed by atoms with Crippen LogP contribution in [-0.4, -0.2) is 42.1 Å². The molecule has 1 aliphatic rings. The lowest BCUT2D eigenvalue weighted by Crippen LogP contribution is -2.36. The molecule has 104 valence electrons. The number of carbonyl (C=O) groups is 1. The van der Waals surface area contributed by atoms with E-state index in [9.17, 15) is 13.6 Å². The first-order valence-corrected chi connectivity index (χ1v) is 6.30. The molecule has 1 aromatic heterocycles. The van der Waals surface area contributed by atoms with Crippen molar-refractivity contribution in [2.24, 2.45) is 5.92 Å². The molecule has 6 heteroatoms. The fraction of sp³-hybridized carbons (Fsp3) is 0.538. The van der Waals surface area contributed by atoms with Gasteiger partial charge in [-0.15, -0.1) is 0 Å². The van der Waals surface area contributed by atoms with Crippen molar-refractivity contribution in [1.29, 1.82) is 0 Å². The van der Waals surface area contributed by atoms with Gasteiger partial charge in [0.05, 0.1) is 12.2 Å². The Morgan fingerprint density at radius 2 is 2.37 bits per heavy atom. The normalized spacial score (nSPS) is 18.6. The third kappa shape index (κ3) is 3.07. The molecular formula is C13H16F2N2O2. The predicted molar refractivity (Wildman–Crippen MR) is 64.7 cm³/mol. The van der Waals surface area contributed by atoms with E-state index in [2.05, 4.69) is 4.98 Å². The van der Waals surface area contributed by atoms with Crippen LogP contribution in [0.3, 0.4) is 0 Å². The highest BCUT2D eigenvalue weighted by atomic mass is 19.2. The first-order chi connectivity index (χ1) is 9.13. The predicted octanol–water partition coefficient (Wildman–Crippen LogP) is 1.86. The highest BCUT2D eigenvalue weighted by molar-refractivity contribution is 5.94. The summed E-state index contributed by atoms with van der Waals surface area (Å²) in [5.41, 5.74) is -0.270. The molecule has 0 bridgehead atoms. The second-order valence-electron chi connectivity index (χ2n) is 4.54. The Morgan fingerprint density at radius 3 is 3.00 bits per heavy atom. The minimum atomic E-state index is -1.24. The number of carbonyl (C=O) groups excluding carboxylic acids is 1. The zero-order valence-electron chi connectivity index (χ0n) is 10.7. The first kappa shape index (κ1) is 13.9. The van der Waals surface area contributed by atoms with E-state index >= 15 is 0 Å². The van der Waals surface area contributed by atoms with Gasteiger partial charge in [0.2, 0.25) is 5.95 Å². The molecule has 0 spiro atoms. The summed E-state index contributed by atoms with van der Waals surface area (Å²) in [5, 5.41) is 0. The van der Waals surface area contributed by atoms with Crippen LogP contribution in [0.15, 0.2) is 12.3 Å². The average Bonchev–Trinajstić information content (AvgIpc) is 2.91. The fourth-order valence-electron chi connectivity index (χ4n) is 2.15. The standard InChI is InChI=1S/C13H16F2N2O2/c1-2-17(7-9-4-6-19-8-9)13(18)10-3-5-16-12(15)11(10)14/h3,5,9H,2,4,6-8H2,1H3. The molecule has 0 aromatic carbocycles. The third-order valence-corrected chi connectivity index (χ3v) is 3.25. The maximum atomic E-state index is 13.6. The number of amides is 1. The van der Waals surface area contributed by atoms with Crippen molar-refractivity contribution in [3.05, 3.63) is 29.6 Å². The van der Waals surface area contributed by atoms with Gasteiger partial charge in [0.15, 0.2) is 5.82 Å².